The fourth-order valence-electron chi connectivity index (χ4n) is 1.56. The van der Waals surface area contributed by atoms with Crippen molar-refractivity contribution < 1.29 is 74.6 Å². The van der Waals surface area contributed by atoms with Crippen LogP contribution in [0.3, 0.4) is 0 Å². The van der Waals surface area contributed by atoms with E-state index in [0.29, 0.717) is 0 Å². The van der Waals surface area contributed by atoms with Gasteiger partial charge in [-0.25, -0.2) is 0 Å². The van der Waals surface area contributed by atoms with Crippen LogP contribution in [0.5, 0.6) is 0 Å². The first-order valence-corrected chi connectivity index (χ1v) is 16.7. The number of hydrogen-bond acceptors (Lipinski definition) is 0. The third kappa shape index (κ3) is 4.21. The standard InChI is InChI=1S/C10H4F17.HI.Sn/c1-2-3(11,12)4(13,14)5(15,16)6(17,18)7(19,20)8(21,22)9(23,24)10(25,26)27;;/h1-2H2;1H;/q;;+1/p-1. The van der Waals surface area contributed by atoms with Gasteiger partial charge in [-0.05, 0) is 0 Å². The average molecular weight is 693 g/mol. The summed E-state index contributed by atoms with van der Waals surface area (Å²) in [6.07, 6.45) is -10.0. The Balaban J connectivity index is 6.57. The van der Waals surface area contributed by atoms with Gasteiger partial charge in [0.25, 0.3) is 0 Å². The normalized spacial score (nSPS) is 16.3. The van der Waals surface area contributed by atoms with Gasteiger partial charge in [0.15, 0.2) is 0 Å². The zero-order chi connectivity index (χ0) is 24.1. The van der Waals surface area contributed by atoms with Gasteiger partial charge < -0.3 is 0 Å². The van der Waals surface area contributed by atoms with E-state index in [1.165, 1.54) is 18.6 Å². The van der Waals surface area contributed by atoms with Crippen molar-refractivity contribution >= 4 is 35.8 Å². The summed E-state index contributed by atoms with van der Waals surface area (Å²) in [6.45, 7) is 0. The second kappa shape index (κ2) is 8.04. The molecule has 29 heavy (non-hydrogen) atoms. The molecule has 174 valence electrons. The Morgan fingerprint density at radius 1 is 0.448 bits per heavy atom. The van der Waals surface area contributed by atoms with Crippen molar-refractivity contribution in [3.05, 3.63) is 0 Å². The summed E-state index contributed by atoms with van der Waals surface area (Å²) in [4.78, 5) is 0. The SMILES string of the molecule is FC(F)(F)C(F)(F)C(F)(F)C(F)(F)C(F)(F)C(F)(F)C(F)(F)C(F)(F)C[CH2][Sn][I]. The van der Waals surface area contributed by atoms with Gasteiger partial charge in [0.2, 0.25) is 0 Å². The van der Waals surface area contributed by atoms with Crippen LogP contribution in [0.4, 0.5) is 74.6 Å². The second-order valence-electron chi connectivity index (χ2n) is 5.28. The number of hydrogen-bond donors (Lipinski definition) is 0. The molecule has 0 rings (SSSR count). The van der Waals surface area contributed by atoms with Crippen LogP contribution in [0.1, 0.15) is 6.42 Å². The third-order valence-corrected chi connectivity index (χ3v) is 8.19. The summed E-state index contributed by atoms with van der Waals surface area (Å²) in [6, 6.07) is 0. The maximum absolute atomic E-state index is 13.3. The Morgan fingerprint density at radius 3 is 1.00 bits per heavy atom. The molecule has 0 aliphatic carbocycles. The van der Waals surface area contributed by atoms with Crippen molar-refractivity contribution in [3.63, 3.8) is 0 Å². The fraction of sp³-hybridized carbons (Fsp3) is 1.00. The van der Waals surface area contributed by atoms with E-state index < -0.39 is 75.7 Å². The Labute approximate surface area is 168 Å². The summed E-state index contributed by atoms with van der Waals surface area (Å²) in [5.41, 5.74) is 0. The van der Waals surface area contributed by atoms with Crippen molar-refractivity contribution in [2.24, 2.45) is 0 Å². The Morgan fingerprint density at radius 2 is 0.724 bits per heavy atom. The second-order valence-corrected chi connectivity index (χ2v) is 12.6. The van der Waals surface area contributed by atoms with Crippen molar-refractivity contribution in [1.29, 1.82) is 0 Å². The number of rotatable bonds is 9. The van der Waals surface area contributed by atoms with E-state index >= 15 is 0 Å². The van der Waals surface area contributed by atoms with Crippen molar-refractivity contribution in [2.45, 2.75) is 58.5 Å². The molecule has 0 fully saturated rings. The van der Waals surface area contributed by atoms with E-state index in [0.717, 1.165) is 0 Å². The average Bonchev–Trinajstić information content (AvgIpc) is 2.50. The first-order valence-electron chi connectivity index (χ1n) is 6.36. The van der Waals surface area contributed by atoms with Gasteiger partial charge in [0.1, 0.15) is 0 Å². The zero-order valence-electron chi connectivity index (χ0n) is 12.7. The first kappa shape index (κ1) is 29.3. The molecular weight excluding hydrogens is 689 g/mol. The fourth-order valence-corrected chi connectivity index (χ4v) is 4.53. The summed E-state index contributed by atoms with van der Waals surface area (Å²) >= 11 is -0.536. The molecule has 0 nitrogen and oxygen atoms in total. The van der Waals surface area contributed by atoms with Crippen LogP contribution in [0.25, 0.3) is 0 Å². The molecule has 0 unspecified atom stereocenters. The molecule has 0 saturated carbocycles. The van der Waals surface area contributed by atoms with E-state index in [9.17, 15) is 74.6 Å². The van der Waals surface area contributed by atoms with Crippen LogP contribution in [0.2, 0.25) is 4.44 Å². The molecule has 0 aliphatic heterocycles. The van der Waals surface area contributed by atoms with Crippen molar-refractivity contribution in [1.82, 2.24) is 0 Å². The van der Waals surface area contributed by atoms with Crippen LogP contribution >= 0.6 is 18.6 Å². The molecule has 0 aromatic carbocycles. The molecule has 0 aromatic rings. The minimum absolute atomic E-state index is 0.938. The van der Waals surface area contributed by atoms with Crippen LogP contribution < -0.4 is 0 Å². The van der Waals surface area contributed by atoms with E-state index in [4.69, 9.17) is 0 Å². The molecule has 0 amide bonds. The topological polar surface area (TPSA) is 0 Å². The molecule has 19 heteroatoms. The summed E-state index contributed by atoms with van der Waals surface area (Å²) < 4.78 is 218. The van der Waals surface area contributed by atoms with E-state index in [1.807, 2.05) is 0 Å². The molecule has 0 aliphatic rings. The first-order chi connectivity index (χ1) is 12.3. The summed E-state index contributed by atoms with van der Waals surface area (Å²) in [5, 5.41) is 0. The molecule has 0 bridgehead atoms. The van der Waals surface area contributed by atoms with Gasteiger partial charge in [0, 0.05) is 0 Å². The van der Waals surface area contributed by atoms with Gasteiger partial charge >= 0.3 is 169 Å². The molecule has 0 heterocycles. The quantitative estimate of drug-likeness (QED) is 0.141. The van der Waals surface area contributed by atoms with Gasteiger partial charge in [-0.15, -0.1) is 0 Å². The van der Waals surface area contributed by atoms with Crippen LogP contribution in [-0.2, 0) is 0 Å². The van der Waals surface area contributed by atoms with Gasteiger partial charge in [-0.1, -0.05) is 0 Å². The predicted octanol–water partition coefficient (Wildman–Crippen LogP) is 6.86. The van der Waals surface area contributed by atoms with Crippen LogP contribution in [0.15, 0.2) is 0 Å². The van der Waals surface area contributed by atoms with E-state index in [2.05, 4.69) is 0 Å². The molecule has 2 radical (unpaired) electrons. The molecule has 0 spiro atoms. The summed E-state index contributed by atoms with van der Waals surface area (Å²) in [7, 11) is 0. The minimum atomic E-state index is -8.55. The Hall–Kier alpha value is 0.339. The number of alkyl halides is 17. The monoisotopic (exact) mass is 694 g/mol. The molecule has 0 saturated heterocycles. The van der Waals surface area contributed by atoms with Crippen molar-refractivity contribution in [3.8, 4) is 0 Å². The van der Waals surface area contributed by atoms with Crippen LogP contribution in [0, 0.1) is 0 Å². The van der Waals surface area contributed by atoms with Crippen LogP contribution in [-0.4, -0.2) is 64.8 Å². The molecule has 0 atom stereocenters. The van der Waals surface area contributed by atoms with E-state index in [-0.39, 0.29) is 0 Å². The predicted molar refractivity (Wildman–Crippen MR) is 69.9 cm³/mol. The van der Waals surface area contributed by atoms with Gasteiger partial charge in [-0.2, -0.15) is 0 Å². The third-order valence-electron chi connectivity index (χ3n) is 3.32. The van der Waals surface area contributed by atoms with Gasteiger partial charge in [-0.3, -0.25) is 0 Å². The molecule has 0 N–H and O–H groups in total. The number of halogens is 18. The zero-order valence-corrected chi connectivity index (χ0v) is 17.7. The van der Waals surface area contributed by atoms with E-state index in [1.54, 1.807) is 0 Å². The van der Waals surface area contributed by atoms with Gasteiger partial charge in [0.05, 0.1) is 0 Å². The summed E-state index contributed by atoms with van der Waals surface area (Å²) in [5.74, 6) is -55.5. The molecular formula is C10H4F17ISn. The maximum atomic E-state index is 13.3. The Kier molecular flexibility index (Phi) is 8.13. The molecule has 0 aromatic heterocycles. The Bertz CT molecular complexity index is 579. The van der Waals surface area contributed by atoms with Crippen molar-refractivity contribution in [2.75, 3.05) is 0 Å².